The molecular formula is C16H20N2O4S. The van der Waals surface area contributed by atoms with E-state index < -0.39 is 0 Å². The lowest BCUT2D eigenvalue weighted by atomic mass is 10.1. The van der Waals surface area contributed by atoms with E-state index >= 15 is 0 Å². The van der Waals surface area contributed by atoms with Gasteiger partial charge in [0.2, 0.25) is 11.8 Å². The summed E-state index contributed by atoms with van der Waals surface area (Å²) in [7, 11) is 0. The lowest BCUT2D eigenvalue weighted by molar-refractivity contribution is -0.134. The standard InChI is InChI=1S/C16H20N2O4S/c1-10(2)17-14(19)8-18-15(20)9-23-16(18)11-3-4-12-13(7-11)22-6-5-21-12/h3-4,7,10,16H,5-6,8-9H2,1-2H3,(H,17,19). The van der Waals surface area contributed by atoms with E-state index in [1.54, 1.807) is 4.90 Å². The van der Waals surface area contributed by atoms with Gasteiger partial charge in [-0.15, -0.1) is 11.8 Å². The lowest BCUT2D eigenvalue weighted by Gasteiger charge is -2.26. The molecule has 1 fully saturated rings. The molecule has 0 radical (unpaired) electrons. The third-order valence-electron chi connectivity index (χ3n) is 3.58. The Hall–Kier alpha value is -1.89. The highest BCUT2D eigenvalue weighted by Crippen LogP contribution is 2.41. The van der Waals surface area contributed by atoms with Crippen LogP contribution in [0.4, 0.5) is 0 Å². The number of carbonyl (C=O) groups is 2. The Morgan fingerprint density at radius 1 is 1.35 bits per heavy atom. The van der Waals surface area contributed by atoms with Gasteiger partial charge in [-0.3, -0.25) is 9.59 Å². The van der Waals surface area contributed by atoms with Crippen molar-refractivity contribution in [2.45, 2.75) is 25.3 Å². The van der Waals surface area contributed by atoms with Crippen molar-refractivity contribution in [1.82, 2.24) is 10.2 Å². The average molecular weight is 336 g/mol. The fourth-order valence-electron chi connectivity index (χ4n) is 2.64. The minimum atomic E-state index is -0.170. The topological polar surface area (TPSA) is 67.9 Å². The maximum atomic E-state index is 12.1. The van der Waals surface area contributed by atoms with Crippen LogP contribution in [-0.2, 0) is 9.59 Å². The third-order valence-corrected chi connectivity index (χ3v) is 4.84. The lowest BCUT2D eigenvalue weighted by Crippen LogP contribution is -2.41. The van der Waals surface area contributed by atoms with Crippen LogP contribution in [-0.4, -0.2) is 48.3 Å². The molecule has 23 heavy (non-hydrogen) atoms. The zero-order valence-corrected chi connectivity index (χ0v) is 14.0. The Morgan fingerprint density at radius 2 is 2.09 bits per heavy atom. The Morgan fingerprint density at radius 3 is 2.83 bits per heavy atom. The van der Waals surface area contributed by atoms with Crippen LogP contribution < -0.4 is 14.8 Å². The monoisotopic (exact) mass is 336 g/mol. The number of thioether (sulfide) groups is 1. The molecule has 1 atom stereocenters. The van der Waals surface area contributed by atoms with Crippen molar-refractivity contribution in [2.24, 2.45) is 0 Å². The van der Waals surface area contributed by atoms with Gasteiger partial charge in [-0.2, -0.15) is 0 Å². The molecule has 0 saturated carbocycles. The molecule has 2 aliphatic heterocycles. The van der Waals surface area contributed by atoms with E-state index in [4.69, 9.17) is 9.47 Å². The maximum absolute atomic E-state index is 12.1. The van der Waals surface area contributed by atoms with Crippen molar-refractivity contribution in [3.8, 4) is 11.5 Å². The smallest absolute Gasteiger partial charge is 0.239 e. The minimum absolute atomic E-state index is 0.0196. The summed E-state index contributed by atoms with van der Waals surface area (Å²) >= 11 is 1.52. The first-order chi connectivity index (χ1) is 11.0. The van der Waals surface area contributed by atoms with Crippen LogP contribution in [0.1, 0.15) is 24.8 Å². The van der Waals surface area contributed by atoms with Crippen LogP contribution in [0.3, 0.4) is 0 Å². The summed E-state index contributed by atoms with van der Waals surface area (Å²) in [4.78, 5) is 25.8. The van der Waals surface area contributed by atoms with Crippen molar-refractivity contribution in [2.75, 3.05) is 25.5 Å². The summed E-state index contributed by atoms with van der Waals surface area (Å²) < 4.78 is 11.1. The molecule has 124 valence electrons. The van der Waals surface area contributed by atoms with Crippen molar-refractivity contribution >= 4 is 23.6 Å². The molecule has 6 nitrogen and oxygen atoms in total. The molecule has 0 aromatic heterocycles. The van der Waals surface area contributed by atoms with Gasteiger partial charge >= 0.3 is 0 Å². The molecule has 2 amide bonds. The summed E-state index contributed by atoms with van der Waals surface area (Å²) in [6.45, 7) is 4.94. The Bertz CT molecular complexity index is 620. The van der Waals surface area contributed by atoms with Crippen LogP contribution in [0.2, 0.25) is 0 Å². The SMILES string of the molecule is CC(C)NC(=O)CN1C(=O)CSC1c1ccc2c(c1)OCCO2. The van der Waals surface area contributed by atoms with E-state index in [0.29, 0.717) is 24.7 Å². The first-order valence-electron chi connectivity index (χ1n) is 7.64. The number of carbonyl (C=O) groups excluding carboxylic acids is 2. The predicted octanol–water partition coefficient (Wildman–Crippen LogP) is 1.56. The van der Waals surface area contributed by atoms with Crippen LogP contribution >= 0.6 is 11.8 Å². The molecule has 3 rings (SSSR count). The van der Waals surface area contributed by atoms with Crippen molar-refractivity contribution in [3.05, 3.63) is 23.8 Å². The number of fused-ring (bicyclic) bond motifs is 1. The molecule has 2 aliphatic rings. The van der Waals surface area contributed by atoms with Crippen LogP contribution in [0.5, 0.6) is 11.5 Å². The van der Waals surface area contributed by atoms with Gasteiger partial charge in [0.1, 0.15) is 25.1 Å². The zero-order valence-electron chi connectivity index (χ0n) is 13.2. The molecule has 2 heterocycles. The molecule has 0 bridgehead atoms. The Labute approximate surface area is 139 Å². The van der Waals surface area contributed by atoms with E-state index in [1.807, 2.05) is 32.0 Å². The highest BCUT2D eigenvalue weighted by molar-refractivity contribution is 8.00. The Kier molecular flexibility index (Phi) is 4.66. The molecule has 0 spiro atoms. The number of nitrogens with zero attached hydrogens (tertiary/aromatic N) is 1. The second kappa shape index (κ2) is 6.70. The quantitative estimate of drug-likeness (QED) is 0.904. The van der Waals surface area contributed by atoms with Crippen LogP contribution in [0.15, 0.2) is 18.2 Å². The van der Waals surface area contributed by atoms with Gasteiger partial charge in [-0.1, -0.05) is 6.07 Å². The molecule has 1 aromatic rings. The summed E-state index contributed by atoms with van der Waals surface area (Å²) in [6.07, 6.45) is 0. The second-order valence-electron chi connectivity index (χ2n) is 5.81. The van der Waals surface area contributed by atoms with Crippen LogP contribution in [0.25, 0.3) is 0 Å². The fourth-order valence-corrected chi connectivity index (χ4v) is 3.81. The molecule has 1 saturated heterocycles. The maximum Gasteiger partial charge on any atom is 0.239 e. The number of hydrogen-bond donors (Lipinski definition) is 1. The summed E-state index contributed by atoms with van der Waals surface area (Å²) in [6, 6.07) is 5.75. The van der Waals surface area contributed by atoms with Crippen molar-refractivity contribution in [3.63, 3.8) is 0 Å². The van der Waals surface area contributed by atoms with Gasteiger partial charge < -0.3 is 19.7 Å². The van der Waals surface area contributed by atoms with Gasteiger partial charge in [0.25, 0.3) is 0 Å². The first-order valence-corrected chi connectivity index (χ1v) is 8.69. The fraction of sp³-hybridized carbons (Fsp3) is 0.500. The summed E-state index contributed by atoms with van der Waals surface area (Å²) in [5.74, 6) is 1.64. The van der Waals surface area contributed by atoms with Gasteiger partial charge in [0.15, 0.2) is 11.5 Å². The number of amides is 2. The van der Waals surface area contributed by atoms with E-state index in [2.05, 4.69) is 5.32 Å². The largest absolute Gasteiger partial charge is 0.486 e. The van der Waals surface area contributed by atoms with E-state index in [1.165, 1.54) is 11.8 Å². The summed E-state index contributed by atoms with van der Waals surface area (Å²) in [5.41, 5.74) is 0.947. The predicted molar refractivity (Wildman–Crippen MR) is 87.6 cm³/mol. The third kappa shape index (κ3) is 3.55. The molecule has 1 unspecified atom stereocenters. The highest BCUT2D eigenvalue weighted by Gasteiger charge is 2.34. The van der Waals surface area contributed by atoms with Gasteiger partial charge in [-0.25, -0.2) is 0 Å². The number of ether oxygens (including phenoxy) is 2. The summed E-state index contributed by atoms with van der Waals surface area (Å²) in [5, 5.41) is 2.66. The van der Waals surface area contributed by atoms with E-state index in [0.717, 1.165) is 11.3 Å². The van der Waals surface area contributed by atoms with E-state index in [9.17, 15) is 9.59 Å². The molecule has 0 aliphatic carbocycles. The van der Waals surface area contributed by atoms with Crippen molar-refractivity contribution in [1.29, 1.82) is 0 Å². The van der Waals surface area contributed by atoms with Crippen LogP contribution in [0, 0.1) is 0 Å². The Balaban J connectivity index is 1.77. The molecule has 1 N–H and O–H groups in total. The average Bonchev–Trinajstić information content (AvgIpc) is 2.87. The van der Waals surface area contributed by atoms with Gasteiger partial charge in [-0.05, 0) is 31.5 Å². The molecule has 1 aromatic carbocycles. The normalized spacial score (nSPS) is 20.0. The van der Waals surface area contributed by atoms with Gasteiger partial charge in [0.05, 0.1) is 5.75 Å². The molecular weight excluding hydrogens is 316 g/mol. The van der Waals surface area contributed by atoms with Crippen molar-refractivity contribution < 1.29 is 19.1 Å². The number of hydrogen-bond acceptors (Lipinski definition) is 5. The van der Waals surface area contributed by atoms with Gasteiger partial charge in [0, 0.05) is 6.04 Å². The first kappa shape index (κ1) is 16.0. The zero-order chi connectivity index (χ0) is 16.4. The highest BCUT2D eigenvalue weighted by atomic mass is 32.2. The second-order valence-corrected chi connectivity index (χ2v) is 6.88. The number of rotatable bonds is 4. The number of benzene rings is 1. The van der Waals surface area contributed by atoms with E-state index in [-0.39, 0.29) is 29.8 Å². The molecule has 7 heteroatoms. The number of nitrogens with one attached hydrogen (secondary N) is 1. The minimum Gasteiger partial charge on any atom is -0.486 e.